The molecule has 8 heteroatoms. The smallest absolute Gasteiger partial charge is 0.252 e. The van der Waals surface area contributed by atoms with Gasteiger partial charge in [0.15, 0.2) is 11.5 Å². The van der Waals surface area contributed by atoms with Crippen LogP contribution in [0.5, 0.6) is 11.5 Å². The molecule has 1 amide bonds. The van der Waals surface area contributed by atoms with Crippen molar-refractivity contribution in [2.75, 3.05) is 11.9 Å². The Hall–Kier alpha value is -3.42. The van der Waals surface area contributed by atoms with Crippen LogP contribution in [0.3, 0.4) is 0 Å². The number of carbonyl (C=O) groups excluding carboxylic acids is 1. The van der Waals surface area contributed by atoms with E-state index in [2.05, 4.69) is 20.4 Å². The first kappa shape index (κ1) is 18.9. The van der Waals surface area contributed by atoms with Gasteiger partial charge in [0, 0.05) is 29.3 Å². The molecule has 0 fully saturated rings. The number of phenols is 1. The summed E-state index contributed by atoms with van der Waals surface area (Å²) in [5.41, 5.74) is 4.24. The van der Waals surface area contributed by atoms with Gasteiger partial charge in [-0.25, -0.2) is 9.97 Å². The predicted molar refractivity (Wildman–Crippen MR) is 108 cm³/mol. The zero-order valence-corrected chi connectivity index (χ0v) is 16.9. The fraction of sp³-hybridized carbons (Fsp3) is 0.333. The zero-order chi connectivity index (χ0) is 20.7. The lowest BCUT2D eigenvalue weighted by Gasteiger charge is -2.24. The van der Waals surface area contributed by atoms with E-state index in [0.29, 0.717) is 24.1 Å². The van der Waals surface area contributed by atoms with Gasteiger partial charge in [-0.2, -0.15) is 9.78 Å². The summed E-state index contributed by atoms with van der Waals surface area (Å²) < 4.78 is 7.12. The number of carbonyl (C=O) groups is 1. The van der Waals surface area contributed by atoms with Crippen LogP contribution >= 0.6 is 0 Å². The monoisotopic (exact) mass is 393 g/mol. The van der Waals surface area contributed by atoms with Crippen molar-refractivity contribution in [1.82, 2.24) is 19.7 Å². The van der Waals surface area contributed by atoms with E-state index >= 15 is 0 Å². The molecular weight excluding hydrogens is 370 g/mol. The van der Waals surface area contributed by atoms with Gasteiger partial charge in [-0.1, -0.05) is 6.07 Å². The van der Waals surface area contributed by atoms with Gasteiger partial charge in [0.2, 0.25) is 5.91 Å². The Kier molecular flexibility index (Phi) is 4.70. The molecule has 3 aromatic rings. The minimum atomic E-state index is -0.210. The molecule has 1 atom stereocenters. The molecule has 4 rings (SSSR count). The molecule has 150 valence electrons. The van der Waals surface area contributed by atoms with Gasteiger partial charge >= 0.3 is 0 Å². The number of aromatic nitrogens is 4. The Morgan fingerprint density at radius 3 is 2.62 bits per heavy atom. The second-order valence-electron chi connectivity index (χ2n) is 7.18. The van der Waals surface area contributed by atoms with Crippen LogP contribution in [0.2, 0.25) is 0 Å². The van der Waals surface area contributed by atoms with E-state index in [9.17, 15) is 9.90 Å². The van der Waals surface area contributed by atoms with Gasteiger partial charge in [0.1, 0.15) is 5.82 Å². The molecular formula is C21H23N5O3. The third kappa shape index (κ3) is 3.41. The van der Waals surface area contributed by atoms with Crippen LogP contribution in [-0.4, -0.2) is 37.4 Å². The summed E-state index contributed by atoms with van der Waals surface area (Å²) in [6.07, 6.45) is 0.281. The topological polar surface area (TPSA) is 102 Å². The van der Waals surface area contributed by atoms with Crippen LogP contribution in [0.15, 0.2) is 24.3 Å². The molecule has 1 aliphatic heterocycles. The summed E-state index contributed by atoms with van der Waals surface area (Å²) in [5, 5.41) is 17.6. The van der Waals surface area contributed by atoms with Crippen molar-refractivity contribution in [3.63, 3.8) is 0 Å². The fourth-order valence-corrected chi connectivity index (χ4v) is 3.80. The number of hydrogen-bond acceptors (Lipinski definition) is 6. The number of fused-ring (bicyclic) bond motifs is 1. The van der Waals surface area contributed by atoms with E-state index in [4.69, 9.17) is 4.74 Å². The summed E-state index contributed by atoms with van der Waals surface area (Å²) >= 11 is 0. The van der Waals surface area contributed by atoms with Gasteiger partial charge in [0.25, 0.3) is 5.95 Å². The van der Waals surface area contributed by atoms with Gasteiger partial charge in [-0.3, -0.25) is 4.79 Å². The number of nitrogens with one attached hydrogen (secondary N) is 1. The first-order valence-electron chi connectivity index (χ1n) is 9.55. The molecule has 0 radical (unpaired) electrons. The number of aryl methyl sites for hydroxylation is 3. The Balaban J connectivity index is 1.85. The number of nitrogens with zero attached hydrogens (tertiary/aromatic N) is 4. The van der Waals surface area contributed by atoms with Gasteiger partial charge in [0.05, 0.1) is 12.3 Å². The summed E-state index contributed by atoms with van der Waals surface area (Å²) in [6.45, 7) is 8.00. The molecule has 1 aliphatic rings. The highest BCUT2D eigenvalue weighted by molar-refractivity contribution is 5.95. The van der Waals surface area contributed by atoms with Crippen LogP contribution in [0.25, 0.3) is 5.95 Å². The Bertz CT molecular complexity index is 1090. The standard InChI is InChI=1S/C21H23N5O3/c1-5-29-17-9-14(6-7-16(17)27)15-10-18(28)24-20-19(15)13(4)25-26(20)21-22-11(2)8-12(3)23-21/h6-9,15,27H,5,10H2,1-4H3,(H,24,28)/t15-/m1/s1. The largest absolute Gasteiger partial charge is 0.504 e. The van der Waals surface area contributed by atoms with Crippen molar-refractivity contribution in [2.45, 2.75) is 40.0 Å². The first-order chi connectivity index (χ1) is 13.9. The Labute approximate surface area is 168 Å². The summed E-state index contributed by atoms with van der Waals surface area (Å²) in [5.74, 6) is 1.16. The van der Waals surface area contributed by atoms with Gasteiger partial charge in [-0.15, -0.1) is 0 Å². The molecule has 0 saturated heterocycles. The highest BCUT2D eigenvalue weighted by Crippen LogP contribution is 2.42. The Morgan fingerprint density at radius 1 is 1.21 bits per heavy atom. The van der Waals surface area contributed by atoms with Crippen molar-refractivity contribution in [1.29, 1.82) is 0 Å². The van der Waals surface area contributed by atoms with Crippen molar-refractivity contribution < 1.29 is 14.6 Å². The van der Waals surface area contributed by atoms with Crippen LogP contribution in [0, 0.1) is 20.8 Å². The van der Waals surface area contributed by atoms with Crippen molar-refractivity contribution in [3.8, 4) is 17.4 Å². The normalized spacial score (nSPS) is 15.7. The predicted octanol–water partition coefficient (Wildman–Crippen LogP) is 3.17. The van der Waals surface area contributed by atoms with Gasteiger partial charge < -0.3 is 15.2 Å². The van der Waals surface area contributed by atoms with Crippen molar-refractivity contribution >= 4 is 11.7 Å². The van der Waals surface area contributed by atoms with Crippen LogP contribution in [0.4, 0.5) is 5.82 Å². The maximum absolute atomic E-state index is 12.5. The highest BCUT2D eigenvalue weighted by Gasteiger charge is 2.33. The number of benzene rings is 1. The first-order valence-corrected chi connectivity index (χ1v) is 9.55. The molecule has 29 heavy (non-hydrogen) atoms. The molecule has 2 N–H and O–H groups in total. The summed E-state index contributed by atoms with van der Waals surface area (Å²) in [7, 11) is 0. The highest BCUT2D eigenvalue weighted by atomic mass is 16.5. The zero-order valence-electron chi connectivity index (χ0n) is 16.9. The average molecular weight is 393 g/mol. The lowest BCUT2D eigenvalue weighted by Crippen LogP contribution is -2.25. The molecule has 0 saturated carbocycles. The van der Waals surface area contributed by atoms with E-state index in [1.54, 1.807) is 16.8 Å². The maximum Gasteiger partial charge on any atom is 0.252 e. The number of aromatic hydroxyl groups is 1. The summed E-state index contributed by atoms with van der Waals surface area (Å²) in [4.78, 5) is 21.5. The number of amides is 1. The van der Waals surface area contributed by atoms with E-state index < -0.39 is 0 Å². The lowest BCUT2D eigenvalue weighted by molar-refractivity contribution is -0.116. The fourth-order valence-electron chi connectivity index (χ4n) is 3.80. The Morgan fingerprint density at radius 2 is 1.93 bits per heavy atom. The third-order valence-corrected chi connectivity index (χ3v) is 4.95. The second-order valence-corrected chi connectivity index (χ2v) is 7.18. The van der Waals surface area contributed by atoms with Gasteiger partial charge in [-0.05, 0) is 51.5 Å². The minimum Gasteiger partial charge on any atom is -0.504 e. The molecule has 0 aliphatic carbocycles. The van der Waals surface area contributed by atoms with E-state index in [-0.39, 0.29) is 24.0 Å². The molecule has 2 aromatic heterocycles. The van der Waals surface area contributed by atoms with E-state index in [0.717, 1.165) is 28.2 Å². The lowest BCUT2D eigenvalue weighted by atomic mass is 9.85. The summed E-state index contributed by atoms with van der Waals surface area (Å²) in [6, 6.07) is 7.09. The number of ether oxygens (including phenoxy) is 1. The second kappa shape index (κ2) is 7.20. The molecule has 3 heterocycles. The molecule has 0 unspecified atom stereocenters. The number of anilines is 1. The van der Waals surface area contributed by atoms with E-state index in [1.165, 1.54) is 0 Å². The van der Waals surface area contributed by atoms with E-state index in [1.807, 2.05) is 39.8 Å². The maximum atomic E-state index is 12.5. The average Bonchev–Trinajstić information content (AvgIpc) is 2.99. The van der Waals surface area contributed by atoms with Crippen molar-refractivity contribution in [2.24, 2.45) is 0 Å². The number of hydrogen-bond donors (Lipinski definition) is 2. The molecule has 0 spiro atoms. The SMILES string of the molecule is CCOc1cc([C@H]2CC(=O)Nc3c2c(C)nn3-c2nc(C)cc(C)n2)ccc1O. The molecule has 0 bridgehead atoms. The molecule has 8 nitrogen and oxygen atoms in total. The number of rotatable bonds is 4. The molecule has 1 aromatic carbocycles. The number of phenolic OH excluding ortho intramolecular Hbond substituents is 1. The van der Waals surface area contributed by atoms with Crippen molar-refractivity contribution in [3.05, 3.63) is 52.5 Å². The van der Waals surface area contributed by atoms with Crippen LogP contribution in [0.1, 0.15) is 47.5 Å². The van der Waals surface area contributed by atoms with Crippen LogP contribution in [-0.2, 0) is 4.79 Å². The van der Waals surface area contributed by atoms with Crippen LogP contribution < -0.4 is 10.1 Å². The third-order valence-electron chi connectivity index (χ3n) is 4.95. The quantitative estimate of drug-likeness (QED) is 0.706. The minimum absolute atomic E-state index is 0.0761.